The summed E-state index contributed by atoms with van der Waals surface area (Å²) in [5.74, 6) is 4.18. The number of nitrogen functional groups attached to an aromatic ring is 1. The molecule has 0 amide bonds. The smallest absolute Gasteiger partial charge is 0.333 e. The zero-order valence-electron chi connectivity index (χ0n) is 62.3. The average Bonchev–Trinajstić information content (AvgIpc) is 1.18. The van der Waals surface area contributed by atoms with Crippen LogP contribution in [-0.2, 0) is 59.0 Å². The molecule has 10 aromatic carbocycles. The SMILES string of the molecule is C.C#Cc1ccc(C=C)cc1.C=C(C)C(=C)OCc1ccco1.C=C(C)C(=O)OCc1cc2c3c(ccc4c3c1C=CC4)CC=C2.C=Cc1cc2c3c(ccc4c3c1C=CC4)CC=C2.C=Cc1ccc(C=C)cc1.C=Cc1ccc(CCl)cc1.C=Cc1ccc(N)cc1.C=Cc1ccccc1.C=Cc1ccccc1. The van der Waals surface area contributed by atoms with Gasteiger partial charge in [-0.25, -0.2) is 4.79 Å². The van der Waals surface area contributed by atoms with Crippen LogP contribution in [0.15, 0.2) is 331 Å². The van der Waals surface area contributed by atoms with Gasteiger partial charge in [-0.15, -0.1) is 18.0 Å². The topological polar surface area (TPSA) is 74.7 Å². The van der Waals surface area contributed by atoms with Gasteiger partial charge in [0, 0.05) is 22.7 Å². The van der Waals surface area contributed by atoms with Gasteiger partial charge in [-0.3, -0.25) is 0 Å². The Labute approximate surface area is 653 Å². The number of ether oxygens (including phenoxy) is 2. The Hall–Kier alpha value is -13.0. The fourth-order valence-corrected chi connectivity index (χ4v) is 11.6. The first-order valence-electron chi connectivity index (χ1n) is 35.5. The molecule has 1 aromatic heterocycles. The fourth-order valence-electron chi connectivity index (χ4n) is 11.4. The number of allylic oxidation sites excluding steroid dienone is 5. The number of carbonyl (C=O) groups excluding carboxylic acids is 1. The van der Waals surface area contributed by atoms with E-state index < -0.39 is 0 Å². The number of halogens is 1. The molecule has 0 fully saturated rings. The summed E-state index contributed by atoms with van der Waals surface area (Å²) in [6, 6.07) is 68.6. The van der Waals surface area contributed by atoms with Crippen LogP contribution in [0.2, 0.25) is 0 Å². The second-order valence-electron chi connectivity index (χ2n) is 25.1. The number of carbonyl (C=O) groups is 1. The molecule has 4 aliphatic rings. The van der Waals surface area contributed by atoms with Crippen LogP contribution in [-0.4, -0.2) is 5.97 Å². The van der Waals surface area contributed by atoms with Gasteiger partial charge in [0.05, 0.1) is 6.26 Å². The maximum atomic E-state index is 11.7. The van der Waals surface area contributed by atoms with E-state index in [2.05, 4.69) is 163 Å². The fraction of sp³-hybridized carbons (Fsp3) is 0.0971. The average molecular weight is 1450 g/mol. The molecule has 0 saturated carbocycles. The number of esters is 1. The van der Waals surface area contributed by atoms with Gasteiger partial charge < -0.3 is 19.6 Å². The van der Waals surface area contributed by atoms with Gasteiger partial charge in [0.2, 0.25) is 0 Å². The predicted octanol–water partition coefficient (Wildman–Crippen LogP) is 27.7. The van der Waals surface area contributed by atoms with Gasteiger partial charge in [-0.05, 0) is 215 Å². The summed E-state index contributed by atoms with van der Waals surface area (Å²) >= 11 is 5.60. The molecule has 0 radical (unpaired) electrons. The number of benzene rings is 10. The molecule has 4 aliphatic carbocycles. The van der Waals surface area contributed by atoms with Crippen molar-refractivity contribution in [3.63, 3.8) is 0 Å². The van der Waals surface area contributed by atoms with Crippen molar-refractivity contribution in [2.45, 2.75) is 66.1 Å². The third-order valence-corrected chi connectivity index (χ3v) is 17.7. The van der Waals surface area contributed by atoms with Crippen LogP contribution in [0.5, 0.6) is 0 Å². The maximum absolute atomic E-state index is 11.7. The number of furan rings is 1. The lowest BCUT2D eigenvalue weighted by Crippen LogP contribution is -2.08. The van der Waals surface area contributed by atoms with E-state index in [4.69, 9.17) is 37.6 Å². The van der Waals surface area contributed by atoms with E-state index >= 15 is 0 Å². The largest absolute Gasteiger partial charge is 0.486 e. The number of terminal acetylenes is 1. The normalized spacial score (nSPS) is 10.9. The Bertz CT molecular complexity index is 5040. The van der Waals surface area contributed by atoms with E-state index in [1.54, 1.807) is 25.3 Å². The minimum absolute atomic E-state index is 0. The second-order valence-corrected chi connectivity index (χ2v) is 25.3. The molecule has 6 heteroatoms. The number of hydrogen-bond acceptors (Lipinski definition) is 5. The van der Waals surface area contributed by atoms with E-state index in [0.717, 1.165) is 87.2 Å². The maximum Gasteiger partial charge on any atom is 0.333 e. The molecule has 11 aromatic rings. The summed E-state index contributed by atoms with van der Waals surface area (Å²) in [5.41, 5.74) is 30.6. The van der Waals surface area contributed by atoms with Gasteiger partial charge in [-0.2, -0.15) is 0 Å². The van der Waals surface area contributed by atoms with Crippen LogP contribution < -0.4 is 5.73 Å². The molecule has 0 saturated heterocycles. The standard InChI is InChI=1S/C21H18O2.C18H14.C10H12O2.C10H10.C10H8.C9H9Cl.C8H9N.2C8H8.CH4/c1-13(2)21(22)23-12-17-11-16-7-3-5-14-9-10-15-6-4-8-18(17)20(15)19(14)16;1-2-12-11-15-7-3-5-13-9-10-14-6-4-8-16(12)18(14)17(13)15;1-8(2)9(3)12-7-10-5-4-6-11-10;2*1-3-9-5-7-10(4-2)8-6-9;1-2-8-3-5-9(7-10)6-4-8;1-2-7-3-5-8(9)6-4-7;2*1-2-8-6-4-3-5-7-8;/h3-4,7-11H,1,5-6,12H2,2H3;2-4,7-11H,1,5-6H2;4-6H,1,3,7H2,2H3;3-8H,1-2H2;1,4-8H,2H2;2-6H,1,7H2;2-6H,1,9H2;2*2-7H,1H2;1H4. The summed E-state index contributed by atoms with van der Waals surface area (Å²) in [5, 5.41) is 5.60. The van der Waals surface area contributed by atoms with Crippen molar-refractivity contribution >= 4 is 118 Å². The van der Waals surface area contributed by atoms with E-state index in [-0.39, 0.29) is 20.0 Å². The molecule has 15 rings (SSSR count). The van der Waals surface area contributed by atoms with Crippen molar-refractivity contribution in [3.8, 4) is 12.3 Å². The first-order valence-corrected chi connectivity index (χ1v) is 36.0. The lowest BCUT2D eigenvalue weighted by molar-refractivity contribution is -0.140. The van der Waals surface area contributed by atoms with Gasteiger partial charge in [0.15, 0.2) is 0 Å². The summed E-state index contributed by atoms with van der Waals surface area (Å²) in [7, 11) is 0. The highest BCUT2D eigenvalue weighted by Gasteiger charge is 2.21. The third-order valence-electron chi connectivity index (χ3n) is 17.4. The van der Waals surface area contributed by atoms with Crippen molar-refractivity contribution in [2.75, 3.05) is 5.73 Å². The molecule has 0 spiro atoms. The molecule has 0 bridgehead atoms. The highest BCUT2D eigenvalue weighted by molar-refractivity contribution is 6.17. The highest BCUT2D eigenvalue weighted by atomic mass is 35.5. The Balaban J connectivity index is 0.000000197. The summed E-state index contributed by atoms with van der Waals surface area (Å²) in [6.45, 7) is 44.7. The molecule has 0 unspecified atom stereocenters. The molecule has 5 nitrogen and oxygen atoms in total. The number of hydrogen-bond donors (Lipinski definition) is 1. The Morgan fingerprint density at radius 1 is 0.459 bits per heavy atom. The Morgan fingerprint density at radius 3 is 1.25 bits per heavy atom. The molecule has 1 heterocycles. The second kappa shape index (κ2) is 45.4. The lowest BCUT2D eigenvalue weighted by atomic mass is 9.83. The number of alkyl halides is 1. The van der Waals surface area contributed by atoms with E-state index in [9.17, 15) is 4.79 Å². The molecule has 0 atom stereocenters. The molecule has 548 valence electrons. The number of rotatable bonds is 16. The van der Waals surface area contributed by atoms with Gasteiger partial charge >= 0.3 is 5.97 Å². The monoisotopic (exact) mass is 1450 g/mol. The van der Waals surface area contributed by atoms with Crippen LogP contribution in [0.25, 0.3) is 94.5 Å². The van der Waals surface area contributed by atoms with E-state index in [1.165, 1.54) is 82.7 Å². The first-order chi connectivity index (χ1) is 52.5. The minimum Gasteiger partial charge on any atom is -0.486 e. The van der Waals surface area contributed by atoms with Crippen molar-refractivity contribution in [1.29, 1.82) is 0 Å². The van der Waals surface area contributed by atoms with Crippen LogP contribution in [0.3, 0.4) is 0 Å². The quantitative estimate of drug-likeness (QED) is 0.0198. The molecular formula is C103H100ClNO4. The zero-order chi connectivity index (χ0) is 77.6. The van der Waals surface area contributed by atoms with Crippen LogP contribution in [0.4, 0.5) is 5.69 Å². The van der Waals surface area contributed by atoms with Crippen LogP contribution >= 0.6 is 11.6 Å². The van der Waals surface area contributed by atoms with Crippen molar-refractivity contribution in [2.24, 2.45) is 0 Å². The van der Waals surface area contributed by atoms with Gasteiger partial charge in [0.1, 0.15) is 24.7 Å². The summed E-state index contributed by atoms with van der Waals surface area (Å²) in [4.78, 5) is 11.7. The Morgan fingerprint density at radius 2 is 0.853 bits per heavy atom. The van der Waals surface area contributed by atoms with Gasteiger partial charge in [0.25, 0.3) is 0 Å². The van der Waals surface area contributed by atoms with Gasteiger partial charge in [-0.1, -0.05) is 341 Å². The third kappa shape index (κ3) is 25.9. The Kier molecular flexibility index (Phi) is 35.4. The predicted molar refractivity (Wildman–Crippen MR) is 479 cm³/mol. The van der Waals surface area contributed by atoms with Crippen molar-refractivity contribution in [1.82, 2.24) is 0 Å². The van der Waals surface area contributed by atoms with E-state index in [1.807, 2.05) is 213 Å². The number of anilines is 1. The lowest BCUT2D eigenvalue weighted by Gasteiger charge is -2.22. The van der Waals surface area contributed by atoms with Crippen molar-refractivity contribution in [3.05, 3.63) is 438 Å². The van der Waals surface area contributed by atoms with Crippen LogP contribution in [0, 0.1) is 12.3 Å². The first kappa shape index (κ1) is 85.0. The zero-order valence-corrected chi connectivity index (χ0v) is 63.1. The molecular weight excluding hydrogens is 1350 g/mol. The summed E-state index contributed by atoms with van der Waals surface area (Å²) in [6.07, 6.45) is 43.3. The highest BCUT2D eigenvalue weighted by Crippen LogP contribution is 2.40. The van der Waals surface area contributed by atoms with E-state index in [0.29, 0.717) is 23.8 Å². The molecule has 109 heavy (non-hydrogen) atoms. The molecule has 0 aliphatic heterocycles. The number of nitrogens with two attached hydrogens (primary N) is 1. The van der Waals surface area contributed by atoms with Crippen molar-refractivity contribution < 1.29 is 18.7 Å². The molecule has 2 N–H and O–H groups in total. The summed E-state index contributed by atoms with van der Waals surface area (Å²) < 4.78 is 15.7. The minimum atomic E-state index is -0.338. The van der Waals surface area contributed by atoms with Crippen LogP contribution in [0.1, 0.15) is 133 Å².